The summed E-state index contributed by atoms with van der Waals surface area (Å²) in [4.78, 5) is 33.0. The maximum absolute atomic E-state index is 13.3. The number of ether oxygens (including phenoxy) is 1. The first-order valence-corrected chi connectivity index (χ1v) is 11.6. The van der Waals surface area contributed by atoms with Crippen molar-refractivity contribution in [1.29, 1.82) is 0 Å². The van der Waals surface area contributed by atoms with Gasteiger partial charge >= 0.3 is 0 Å². The van der Waals surface area contributed by atoms with Gasteiger partial charge in [-0.25, -0.2) is 0 Å². The molecule has 1 fully saturated rings. The van der Waals surface area contributed by atoms with Crippen LogP contribution in [0.2, 0.25) is 5.02 Å². The Kier molecular flexibility index (Phi) is 6.01. The van der Waals surface area contributed by atoms with Gasteiger partial charge in [-0.15, -0.1) is 0 Å². The second kappa shape index (κ2) is 8.95. The van der Waals surface area contributed by atoms with E-state index >= 15 is 0 Å². The summed E-state index contributed by atoms with van der Waals surface area (Å²) in [6, 6.07) is 5.29. The number of rotatable bonds is 5. The number of hydrogen-bond acceptors (Lipinski definition) is 5. The number of β-amino-alcohol motifs (C(OH)–C–C–N with tert-alkyl or cyclic N) is 1. The Hall–Kier alpha value is -2.65. The molecular weight excluding hydrogens is 444 g/mol. The van der Waals surface area contributed by atoms with E-state index in [2.05, 4.69) is 15.2 Å². The van der Waals surface area contributed by atoms with Crippen LogP contribution < -0.4 is 5.32 Å². The van der Waals surface area contributed by atoms with Crippen LogP contribution >= 0.6 is 11.6 Å². The van der Waals surface area contributed by atoms with E-state index in [1.807, 2.05) is 6.92 Å². The van der Waals surface area contributed by atoms with E-state index in [9.17, 15) is 14.7 Å². The highest BCUT2D eigenvalue weighted by molar-refractivity contribution is 6.36. The van der Waals surface area contributed by atoms with Crippen molar-refractivity contribution < 1.29 is 19.4 Å². The number of carbonyl (C=O) groups is 2. The van der Waals surface area contributed by atoms with E-state index < -0.39 is 6.10 Å². The zero-order chi connectivity index (χ0) is 23.1. The summed E-state index contributed by atoms with van der Waals surface area (Å²) in [6.45, 7) is 6.20. The number of halogens is 1. The molecule has 1 saturated heterocycles. The first-order valence-electron chi connectivity index (χ1n) is 11.2. The molecule has 0 aliphatic carbocycles. The van der Waals surface area contributed by atoms with Gasteiger partial charge in [-0.2, -0.15) is 0 Å². The fourth-order valence-corrected chi connectivity index (χ4v) is 5.00. The van der Waals surface area contributed by atoms with Gasteiger partial charge in [-0.05, 0) is 36.8 Å². The van der Waals surface area contributed by atoms with Crippen molar-refractivity contribution >= 4 is 40.8 Å². The standard InChI is InChI=1S/C24H27ClN4O4/c1-14-21(11-18-17-10-15(25)2-3-19(17)27-23(18)31)26-20-4-5-29(24(32)22(14)20)13-16(30)12-28-6-8-33-9-7-28/h2-3,10-11,16,26,30H,4-9,12-13H2,1H3,(H,27,31)/b18-11-/t16-/m0/s1. The van der Waals surface area contributed by atoms with E-state index in [-0.39, 0.29) is 11.8 Å². The molecule has 5 rings (SSSR count). The quantitative estimate of drug-likeness (QED) is 0.582. The number of aliphatic hydroxyl groups is 1. The van der Waals surface area contributed by atoms with Crippen molar-refractivity contribution in [1.82, 2.24) is 14.8 Å². The molecule has 4 heterocycles. The van der Waals surface area contributed by atoms with Gasteiger partial charge in [-0.3, -0.25) is 14.5 Å². The van der Waals surface area contributed by atoms with Gasteiger partial charge in [0.1, 0.15) is 0 Å². The number of H-pyrrole nitrogens is 1. The van der Waals surface area contributed by atoms with E-state index in [4.69, 9.17) is 16.3 Å². The molecule has 0 bridgehead atoms. The fourth-order valence-electron chi connectivity index (χ4n) is 4.82. The lowest BCUT2D eigenvalue weighted by atomic mass is 10.0. The average molecular weight is 471 g/mol. The predicted molar refractivity (Wildman–Crippen MR) is 126 cm³/mol. The van der Waals surface area contributed by atoms with E-state index in [0.29, 0.717) is 55.4 Å². The first-order chi connectivity index (χ1) is 15.9. The minimum atomic E-state index is -0.613. The second-order valence-corrected chi connectivity index (χ2v) is 9.22. The van der Waals surface area contributed by atoms with Gasteiger partial charge in [0.2, 0.25) is 0 Å². The van der Waals surface area contributed by atoms with Crippen LogP contribution in [0.25, 0.3) is 11.6 Å². The maximum Gasteiger partial charge on any atom is 0.256 e. The molecule has 0 spiro atoms. The SMILES string of the molecule is Cc1c(/C=C2\C(=O)Nc3ccc(Cl)cc32)[nH]c2c1C(=O)N(C[C@@H](O)CN1CCOCC1)CC2. The molecule has 2 aromatic rings. The van der Waals surface area contributed by atoms with Gasteiger partial charge in [0.15, 0.2) is 0 Å². The smallest absolute Gasteiger partial charge is 0.256 e. The van der Waals surface area contributed by atoms with Crippen molar-refractivity contribution in [2.45, 2.75) is 19.4 Å². The lowest BCUT2D eigenvalue weighted by molar-refractivity contribution is -0.110. The summed E-state index contributed by atoms with van der Waals surface area (Å²) in [7, 11) is 0. The summed E-state index contributed by atoms with van der Waals surface area (Å²) in [6.07, 6.45) is 1.85. The fraction of sp³-hybridized carbons (Fsp3) is 0.417. The number of aromatic amines is 1. The number of amides is 2. The molecule has 1 aromatic heterocycles. The largest absolute Gasteiger partial charge is 0.390 e. The summed E-state index contributed by atoms with van der Waals surface area (Å²) in [5, 5.41) is 14.0. The van der Waals surface area contributed by atoms with Gasteiger partial charge in [-0.1, -0.05) is 11.6 Å². The lowest BCUT2D eigenvalue weighted by Crippen LogP contribution is -2.47. The molecule has 3 aliphatic rings. The van der Waals surface area contributed by atoms with Gasteiger partial charge < -0.3 is 25.0 Å². The molecule has 0 radical (unpaired) electrons. The monoisotopic (exact) mass is 470 g/mol. The Balaban J connectivity index is 1.35. The number of morpholine rings is 1. The molecule has 1 aromatic carbocycles. The third kappa shape index (κ3) is 4.31. The number of nitrogens with one attached hydrogen (secondary N) is 2. The molecule has 1 atom stereocenters. The summed E-state index contributed by atoms with van der Waals surface area (Å²) < 4.78 is 5.35. The van der Waals surface area contributed by atoms with E-state index in [0.717, 1.165) is 41.3 Å². The number of aliphatic hydroxyl groups excluding tert-OH is 1. The zero-order valence-electron chi connectivity index (χ0n) is 18.5. The number of hydrogen-bond donors (Lipinski definition) is 3. The second-order valence-electron chi connectivity index (χ2n) is 8.79. The molecule has 174 valence electrons. The highest BCUT2D eigenvalue weighted by Gasteiger charge is 2.31. The van der Waals surface area contributed by atoms with E-state index in [1.54, 1.807) is 29.2 Å². The third-order valence-electron chi connectivity index (χ3n) is 6.56. The number of anilines is 1. The number of aromatic nitrogens is 1. The normalized spacial score (nSPS) is 20.7. The number of nitrogens with zero attached hydrogens (tertiary/aromatic N) is 2. The first kappa shape index (κ1) is 22.2. The molecule has 3 N–H and O–H groups in total. The summed E-state index contributed by atoms with van der Waals surface area (Å²) in [5.41, 5.74) is 5.03. The minimum Gasteiger partial charge on any atom is -0.390 e. The maximum atomic E-state index is 13.3. The number of carbonyl (C=O) groups excluding carboxylic acids is 2. The van der Waals surface area contributed by atoms with Crippen LogP contribution in [0.1, 0.15) is 32.9 Å². The van der Waals surface area contributed by atoms with Crippen LogP contribution in [-0.4, -0.2) is 83.7 Å². The Morgan fingerprint density at radius 3 is 2.79 bits per heavy atom. The molecule has 0 saturated carbocycles. The molecular formula is C24H27ClN4O4. The van der Waals surface area contributed by atoms with Gasteiger partial charge in [0.25, 0.3) is 11.8 Å². The minimum absolute atomic E-state index is 0.0880. The van der Waals surface area contributed by atoms with Crippen molar-refractivity contribution in [2.24, 2.45) is 0 Å². The van der Waals surface area contributed by atoms with Crippen LogP contribution in [0.15, 0.2) is 18.2 Å². The highest BCUT2D eigenvalue weighted by Crippen LogP contribution is 2.36. The molecule has 8 nitrogen and oxygen atoms in total. The summed E-state index contributed by atoms with van der Waals surface area (Å²) >= 11 is 6.14. The zero-order valence-corrected chi connectivity index (χ0v) is 19.2. The molecule has 33 heavy (non-hydrogen) atoms. The van der Waals surface area contributed by atoms with Crippen molar-refractivity contribution in [3.8, 4) is 0 Å². The Morgan fingerprint density at radius 2 is 2.00 bits per heavy atom. The Labute approximate surface area is 197 Å². The van der Waals surface area contributed by atoms with Crippen LogP contribution in [0, 0.1) is 6.92 Å². The molecule has 9 heteroatoms. The molecule has 3 aliphatic heterocycles. The van der Waals surface area contributed by atoms with Crippen LogP contribution in [0.3, 0.4) is 0 Å². The molecule has 2 amide bonds. The summed E-state index contributed by atoms with van der Waals surface area (Å²) in [5.74, 6) is -0.284. The topological polar surface area (TPSA) is 97.9 Å². The van der Waals surface area contributed by atoms with Crippen molar-refractivity contribution in [2.75, 3.05) is 51.3 Å². The van der Waals surface area contributed by atoms with Crippen LogP contribution in [-0.2, 0) is 16.0 Å². The van der Waals surface area contributed by atoms with Crippen molar-refractivity contribution in [3.63, 3.8) is 0 Å². The molecule has 0 unspecified atom stereocenters. The lowest BCUT2D eigenvalue weighted by Gasteiger charge is -2.32. The highest BCUT2D eigenvalue weighted by atomic mass is 35.5. The van der Waals surface area contributed by atoms with E-state index in [1.165, 1.54) is 0 Å². The Morgan fingerprint density at radius 1 is 1.21 bits per heavy atom. The number of benzene rings is 1. The van der Waals surface area contributed by atoms with Gasteiger partial charge in [0.05, 0.1) is 30.5 Å². The third-order valence-corrected chi connectivity index (χ3v) is 6.79. The van der Waals surface area contributed by atoms with Crippen molar-refractivity contribution in [3.05, 3.63) is 51.3 Å². The van der Waals surface area contributed by atoms with Crippen LogP contribution in [0.5, 0.6) is 0 Å². The number of fused-ring (bicyclic) bond motifs is 2. The van der Waals surface area contributed by atoms with Crippen LogP contribution in [0.4, 0.5) is 5.69 Å². The Bertz CT molecular complexity index is 1140. The average Bonchev–Trinajstić information content (AvgIpc) is 3.27. The van der Waals surface area contributed by atoms with Gasteiger partial charge in [0, 0.05) is 66.8 Å². The predicted octanol–water partition coefficient (Wildman–Crippen LogP) is 2.16.